The first-order valence-electron chi connectivity index (χ1n) is 16.5. The Morgan fingerprint density at radius 2 is 1.36 bits per heavy atom. The number of H-pyrrole nitrogens is 2. The third-order valence-electron chi connectivity index (χ3n) is 8.29. The van der Waals surface area contributed by atoms with Crippen LogP contribution in [0.1, 0.15) is 109 Å². The number of aromatic nitrogens is 4. The minimum Gasteiger partial charge on any atom is -0.444 e. The largest absolute Gasteiger partial charge is 0.444 e. The highest BCUT2D eigenvalue weighted by molar-refractivity contribution is 5.77. The van der Waals surface area contributed by atoms with Gasteiger partial charge in [-0.2, -0.15) is 0 Å². The van der Waals surface area contributed by atoms with Crippen molar-refractivity contribution in [2.75, 3.05) is 13.1 Å². The van der Waals surface area contributed by atoms with E-state index in [-0.39, 0.29) is 24.3 Å². The summed E-state index contributed by atoms with van der Waals surface area (Å²) in [5, 5.41) is 0. The van der Waals surface area contributed by atoms with E-state index >= 15 is 0 Å². The van der Waals surface area contributed by atoms with Crippen LogP contribution in [0, 0.1) is 11.8 Å². The molecular formula is C37H44N6O4. The molecule has 10 heteroatoms. The first kappa shape index (κ1) is 32.2. The molecule has 0 radical (unpaired) electrons. The maximum atomic E-state index is 12.9. The molecule has 47 heavy (non-hydrogen) atoms. The molecule has 4 aromatic rings. The number of hydrogen-bond acceptors (Lipinski definition) is 6. The van der Waals surface area contributed by atoms with Gasteiger partial charge in [0.25, 0.3) is 0 Å². The molecule has 0 unspecified atom stereocenters. The van der Waals surface area contributed by atoms with E-state index in [1.165, 1.54) is 0 Å². The summed E-state index contributed by atoms with van der Waals surface area (Å²) in [6.45, 7) is 12.6. The minimum atomic E-state index is -0.550. The van der Waals surface area contributed by atoms with Crippen LogP contribution in [0.25, 0.3) is 22.3 Å². The molecule has 10 nitrogen and oxygen atoms in total. The number of nitrogens with one attached hydrogen (secondary N) is 2. The molecule has 0 aliphatic carbocycles. The summed E-state index contributed by atoms with van der Waals surface area (Å²) >= 11 is 0. The van der Waals surface area contributed by atoms with Crippen LogP contribution in [0.2, 0.25) is 0 Å². The van der Waals surface area contributed by atoms with Crippen LogP contribution >= 0.6 is 0 Å². The Morgan fingerprint density at radius 1 is 0.766 bits per heavy atom. The van der Waals surface area contributed by atoms with Gasteiger partial charge in [0, 0.05) is 24.2 Å². The number of benzene rings is 2. The number of amides is 2. The van der Waals surface area contributed by atoms with E-state index in [0.29, 0.717) is 13.1 Å². The van der Waals surface area contributed by atoms with E-state index < -0.39 is 11.2 Å². The van der Waals surface area contributed by atoms with Gasteiger partial charge in [-0.15, -0.1) is 0 Å². The van der Waals surface area contributed by atoms with Gasteiger partial charge in [-0.1, -0.05) is 24.0 Å². The second kappa shape index (κ2) is 12.8. The molecule has 4 heterocycles. The summed E-state index contributed by atoms with van der Waals surface area (Å²) in [7, 11) is 0. The first-order chi connectivity index (χ1) is 22.3. The number of aromatic amines is 2. The minimum absolute atomic E-state index is 0.126. The average Bonchev–Trinajstić information content (AvgIpc) is 3.78. The van der Waals surface area contributed by atoms with Crippen molar-refractivity contribution in [3.63, 3.8) is 0 Å². The van der Waals surface area contributed by atoms with Crippen LogP contribution < -0.4 is 0 Å². The zero-order valence-electron chi connectivity index (χ0n) is 28.1. The Bertz CT molecular complexity index is 1820. The second-order valence-corrected chi connectivity index (χ2v) is 14.4. The predicted octanol–water partition coefficient (Wildman–Crippen LogP) is 7.89. The first-order valence-corrected chi connectivity index (χ1v) is 16.5. The monoisotopic (exact) mass is 636 g/mol. The Hall–Kier alpha value is -4.78. The van der Waals surface area contributed by atoms with E-state index in [2.05, 4.69) is 26.8 Å². The van der Waals surface area contributed by atoms with Crippen LogP contribution in [0.4, 0.5) is 9.59 Å². The Kier molecular flexibility index (Phi) is 8.75. The predicted molar refractivity (Wildman–Crippen MR) is 181 cm³/mol. The van der Waals surface area contributed by atoms with Gasteiger partial charge >= 0.3 is 12.2 Å². The summed E-state index contributed by atoms with van der Waals surface area (Å²) in [4.78, 5) is 45.6. The third kappa shape index (κ3) is 7.62. The highest BCUT2D eigenvalue weighted by Gasteiger charge is 2.35. The lowest BCUT2D eigenvalue weighted by atomic mass is 10.0. The van der Waals surface area contributed by atoms with E-state index in [1.807, 2.05) is 90.2 Å². The topological polar surface area (TPSA) is 116 Å². The maximum absolute atomic E-state index is 12.9. The van der Waals surface area contributed by atoms with E-state index in [0.717, 1.165) is 77.2 Å². The lowest BCUT2D eigenvalue weighted by Gasteiger charge is -2.35. The normalized spacial score (nSPS) is 18.6. The molecule has 0 saturated carbocycles. The van der Waals surface area contributed by atoms with Crippen LogP contribution in [0.5, 0.6) is 0 Å². The number of carbonyl (C=O) groups is 2. The molecule has 2 N–H and O–H groups in total. The van der Waals surface area contributed by atoms with Gasteiger partial charge in [-0.25, -0.2) is 19.6 Å². The van der Waals surface area contributed by atoms with Crippen LogP contribution in [-0.4, -0.2) is 66.2 Å². The van der Waals surface area contributed by atoms with Crippen molar-refractivity contribution >= 4 is 23.2 Å². The summed E-state index contributed by atoms with van der Waals surface area (Å²) in [6, 6.07) is 13.7. The van der Waals surface area contributed by atoms with E-state index in [9.17, 15) is 9.59 Å². The smallest absolute Gasteiger partial charge is 0.410 e. The van der Waals surface area contributed by atoms with Crippen molar-refractivity contribution in [2.24, 2.45) is 0 Å². The fourth-order valence-electron chi connectivity index (χ4n) is 6.14. The SMILES string of the molecule is CC(C)(C)OC(=O)N1CCC[C@H]1c1ncc(-c2ccc(C#Cc3ccc4nc([C@@H]5CCCCN5C(=O)OC(C)(C)C)[nH]c4c3)cc2)[nH]1. The van der Waals surface area contributed by atoms with Crippen molar-refractivity contribution < 1.29 is 19.1 Å². The fourth-order valence-corrected chi connectivity index (χ4v) is 6.14. The molecule has 2 saturated heterocycles. The summed E-state index contributed by atoms with van der Waals surface area (Å²) in [6.07, 6.45) is 5.79. The van der Waals surface area contributed by atoms with Gasteiger partial charge in [-0.05, 0) is 110 Å². The number of likely N-dealkylation sites (tertiary alicyclic amines) is 2. The molecular weight excluding hydrogens is 592 g/mol. The lowest BCUT2D eigenvalue weighted by Crippen LogP contribution is -2.42. The Balaban J connectivity index is 1.13. The number of nitrogens with zero attached hydrogens (tertiary/aromatic N) is 4. The highest BCUT2D eigenvalue weighted by Crippen LogP contribution is 2.34. The molecule has 246 valence electrons. The molecule has 6 rings (SSSR count). The van der Waals surface area contributed by atoms with Gasteiger partial charge < -0.3 is 19.4 Å². The van der Waals surface area contributed by atoms with Gasteiger partial charge in [-0.3, -0.25) is 9.80 Å². The second-order valence-electron chi connectivity index (χ2n) is 14.4. The molecule has 2 amide bonds. The zero-order chi connectivity index (χ0) is 33.3. The van der Waals surface area contributed by atoms with Crippen molar-refractivity contribution in [2.45, 2.75) is 96.9 Å². The quantitative estimate of drug-likeness (QED) is 0.221. The van der Waals surface area contributed by atoms with E-state index in [4.69, 9.17) is 14.5 Å². The van der Waals surface area contributed by atoms with Crippen molar-refractivity contribution in [3.05, 3.63) is 71.4 Å². The number of hydrogen-bond donors (Lipinski definition) is 2. The molecule has 2 aromatic heterocycles. The maximum Gasteiger partial charge on any atom is 0.410 e. The lowest BCUT2D eigenvalue weighted by molar-refractivity contribution is 0.00849. The highest BCUT2D eigenvalue weighted by atomic mass is 16.6. The molecule has 0 bridgehead atoms. The number of rotatable bonds is 3. The molecule has 2 fully saturated rings. The van der Waals surface area contributed by atoms with Crippen molar-refractivity contribution in [3.8, 4) is 23.1 Å². The van der Waals surface area contributed by atoms with Crippen molar-refractivity contribution in [1.29, 1.82) is 0 Å². The Morgan fingerprint density at radius 3 is 2.04 bits per heavy atom. The number of imidazole rings is 2. The number of carbonyl (C=O) groups excluding carboxylic acids is 2. The summed E-state index contributed by atoms with van der Waals surface area (Å²) in [5.74, 6) is 8.09. The average molecular weight is 637 g/mol. The Labute approximate surface area is 276 Å². The number of piperidine rings is 1. The standard InChI is InChI=1S/C37H44N6O4/c1-36(2,3)46-34(44)42-20-8-7-10-31(42)33-39-27-19-16-25(22-28(27)40-33)13-12-24-14-17-26(18-15-24)29-23-38-32(41-29)30-11-9-21-43(30)35(45)47-37(4,5)6/h14-19,22-23,30-31H,7-11,20-21H2,1-6H3,(H,38,41)(H,39,40)/t30-,31-/m0/s1. The van der Waals surface area contributed by atoms with E-state index in [1.54, 1.807) is 9.80 Å². The number of ether oxygens (including phenoxy) is 2. The summed E-state index contributed by atoms with van der Waals surface area (Å²) in [5.41, 5.74) is 4.28. The van der Waals surface area contributed by atoms with Gasteiger partial charge in [0.1, 0.15) is 22.9 Å². The molecule has 2 atom stereocenters. The van der Waals surface area contributed by atoms with Crippen molar-refractivity contribution in [1.82, 2.24) is 29.7 Å². The van der Waals surface area contributed by atoms with Gasteiger partial charge in [0.2, 0.25) is 0 Å². The molecule has 2 aromatic carbocycles. The van der Waals surface area contributed by atoms with Crippen LogP contribution in [0.3, 0.4) is 0 Å². The zero-order valence-corrected chi connectivity index (χ0v) is 28.1. The third-order valence-corrected chi connectivity index (χ3v) is 8.29. The van der Waals surface area contributed by atoms with Gasteiger partial charge in [0.15, 0.2) is 0 Å². The van der Waals surface area contributed by atoms with Gasteiger partial charge in [0.05, 0.1) is 35.0 Å². The molecule has 2 aliphatic heterocycles. The molecule has 2 aliphatic rings. The van der Waals surface area contributed by atoms with Crippen LogP contribution in [-0.2, 0) is 9.47 Å². The molecule has 0 spiro atoms. The fraction of sp³-hybridized carbons (Fsp3) is 0.459. The van der Waals surface area contributed by atoms with Crippen LogP contribution in [0.15, 0.2) is 48.7 Å². The number of fused-ring (bicyclic) bond motifs is 1. The summed E-state index contributed by atoms with van der Waals surface area (Å²) < 4.78 is 11.3.